The van der Waals surface area contributed by atoms with Crippen LogP contribution in [-0.4, -0.2) is 22.1 Å². The number of ether oxygens (including phenoxy) is 1. The SMILES string of the molecule is NC1(COc2ncc(Cl)cn2)CCCCC1. The van der Waals surface area contributed by atoms with Crippen LogP contribution >= 0.6 is 11.6 Å². The van der Waals surface area contributed by atoms with Crippen molar-refractivity contribution in [2.75, 3.05) is 6.61 Å². The molecule has 1 aliphatic rings. The zero-order valence-electron chi connectivity index (χ0n) is 9.16. The van der Waals surface area contributed by atoms with Crippen molar-refractivity contribution >= 4 is 11.6 Å². The van der Waals surface area contributed by atoms with E-state index < -0.39 is 0 Å². The summed E-state index contributed by atoms with van der Waals surface area (Å²) in [7, 11) is 0. The van der Waals surface area contributed by atoms with Gasteiger partial charge in [-0.25, -0.2) is 9.97 Å². The number of aromatic nitrogens is 2. The van der Waals surface area contributed by atoms with Crippen LogP contribution in [0.2, 0.25) is 5.02 Å². The smallest absolute Gasteiger partial charge is 0.316 e. The molecule has 0 aliphatic heterocycles. The largest absolute Gasteiger partial charge is 0.462 e. The molecule has 0 atom stereocenters. The van der Waals surface area contributed by atoms with Gasteiger partial charge in [0.25, 0.3) is 0 Å². The molecule has 0 radical (unpaired) electrons. The number of hydrogen-bond donors (Lipinski definition) is 1. The molecule has 2 N–H and O–H groups in total. The van der Waals surface area contributed by atoms with Gasteiger partial charge in [0.1, 0.15) is 6.61 Å². The average molecular weight is 242 g/mol. The van der Waals surface area contributed by atoms with E-state index in [0.29, 0.717) is 17.6 Å². The topological polar surface area (TPSA) is 61.0 Å². The van der Waals surface area contributed by atoms with Gasteiger partial charge in [0.2, 0.25) is 0 Å². The van der Waals surface area contributed by atoms with Crippen LogP contribution in [0.15, 0.2) is 12.4 Å². The van der Waals surface area contributed by atoms with Gasteiger partial charge in [-0.1, -0.05) is 30.9 Å². The first-order valence-corrected chi connectivity index (χ1v) is 5.95. The molecule has 1 aromatic rings. The van der Waals surface area contributed by atoms with Crippen molar-refractivity contribution in [3.8, 4) is 6.01 Å². The molecule has 1 saturated carbocycles. The van der Waals surface area contributed by atoms with E-state index in [1.165, 1.54) is 31.7 Å². The lowest BCUT2D eigenvalue weighted by atomic mass is 9.83. The molecule has 1 aliphatic carbocycles. The summed E-state index contributed by atoms with van der Waals surface area (Å²) in [6, 6.07) is 0.347. The Bertz CT molecular complexity index is 336. The van der Waals surface area contributed by atoms with Gasteiger partial charge in [-0.05, 0) is 12.8 Å². The quantitative estimate of drug-likeness (QED) is 0.881. The molecular weight excluding hydrogens is 226 g/mol. The maximum absolute atomic E-state index is 6.23. The third kappa shape index (κ3) is 3.06. The van der Waals surface area contributed by atoms with Gasteiger partial charge < -0.3 is 10.5 Å². The molecule has 1 fully saturated rings. The standard InChI is InChI=1S/C11H16ClN3O/c12-9-6-14-10(15-7-9)16-8-11(13)4-2-1-3-5-11/h6-7H,1-5,8,13H2. The Morgan fingerprint density at radius 3 is 2.50 bits per heavy atom. The lowest BCUT2D eigenvalue weighted by molar-refractivity contribution is 0.164. The van der Waals surface area contributed by atoms with Gasteiger partial charge in [0, 0.05) is 0 Å². The number of nitrogens with zero attached hydrogens (tertiary/aromatic N) is 2. The van der Waals surface area contributed by atoms with Crippen molar-refractivity contribution in [3.05, 3.63) is 17.4 Å². The van der Waals surface area contributed by atoms with E-state index in [1.54, 1.807) is 0 Å². The maximum atomic E-state index is 6.23. The van der Waals surface area contributed by atoms with Crippen LogP contribution in [0.3, 0.4) is 0 Å². The summed E-state index contributed by atoms with van der Waals surface area (Å²) in [6.07, 6.45) is 8.71. The molecule has 5 heteroatoms. The number of halogens is 1. The lowest BCUT2D eigenvalue weighted by Gasteiger charge is -2.32. The van der Waals surface area contributed by atoms with E-state index in [4.69, 9.17) is 22.1 Å². The minimum atomic E-state index is -0.207. The van der Waals surface area contributed by atoms with Crippen molar-refractivity contribution < 1.29 is 4.74 Å². The van der Waals surface area contributed by atoms with E-state index in [2.05, 4.69) is 9.97 Å². The number of rotatable bonds is 3. The Labute approximate surface area is 100 Å². The fourth-order valence-electron chi connectivity index (χ4n) is 1.98. The van der Waals surface area contributed by atoms with Gasteiger partial charge in [0.05, 0.1) is 23.0 Å². The van der Waals surface area contributed by atoms with Crippen LogP contribution in [0.1, 0.15) is 32.1 Å². The molecule has 2 rings (SSSR count). The Kier molecular flexibility index (Phi) is 3.61. The van der Waals surface area contributed by atoms with E-state index in [-0.39, 0.29) is 5.54 Å². The third-order valence-corrected chi connectivity index (χ3v) is 3.13. The van der Waals surface area contributed by atoms with E-state index in [1.807, 2.05) is 0 Å². The third-order valence-electron chi connectivity index (χ3n) is 2.93. The molecule has 0 saturated heterocycles. The maximum Gasteiger partial charge on any atom is 0.316 e. The summed E-state index contributed by atoms with van der Waals surface area (Å²) in [4.78, 5) is 7.95. The Morgan fingerprint density at radius 2 is 1.88 bits per heavy atom. The summed E-state index contributed by atoms with van der Waals surface area (Å²) in [5.41, 5.74) is 6.02. The van der Waals surface area contributed by atoms with E-state index in [0.717, 1.165) is 12.8 Å². The number of hydrogen-bond acceptors (Lipinski definition) is 4. The average Bonchev–Trinajstić information content (AvgIpc) is 2.29. The fourth-order valence-corrected chi connectivity index (χ4v) is 2.08. The van der Waals surface area contributed by atoms with Gasteiger partial charge in [-0.3, -0.25) is 0 Å². The summed E-state index contributed by atoms with van der Waals surface area (Å²) < 4.78 is 5.50. The lowest BCUT2D eigenvalue weighted by Crippen LogP contribution is -2.47. The van der Waals surface area contributed by atoms with Crippen LogP contribution in [0.5, 0.6) is 6.01 Å². The van der Waals surface area contributed by atoms with E-state index >= 15 is 0 Å². The summed E-state index contributed by atoms with van der Waals surface area (Å²) >= 11 is 5.68. The second-order valence-electron chi connectivity index (χ2n) is 4.40. The summed E-state index contributed by atoms with van der Waals surface area (Å²) in [5.74, 6) is 0. The van der Waals surface area contributed by atoms with Crippen LogP contribution in [0.25, 0.3) is 0 Å². The van der Waals surface area contributed by atoms with Crippen molar-refractivity contribution in [1.82, 2.24) is 9.97 Å². The zero-order valence-corrected chi connectivity index (χ0v) is 9.91. The predicted molar refractivity (Wildman–Crippen MR) is 62.5 cm³/mol. The molecule has 1 aromatic heterocycles. The van der Waals surface area contributed by atoms with E-state index in [9.17, 15) is 0 Å². The highest BCUT2D eigenvalue weighted by atomic mass is 35.5. The zero-order chi connectivity index (χ0) is 11.4. The highest BCUT2D eigenvalue weighted by Gasteiger charge is 2.28. The highest BCUT2D eigenvalue weighted by Crippen LogP contribution is 2.26. The van der Waals surface area contributed by atoms with Crippen molar-refractivity contribution in [2.45, 2.75) is 37.6 Å². The van der Waals surface area contributed by atoms with Gasteiger partial charge in [-0.15, -0.1) is 0 Å². The van der Waals surface area contributed by atoms with Gasteiger partial charge >= 0.3 is 6.01 Å². The van der Waals surface area contributed by atoms with Gasteiger partial charge in [-0.2, -0.15) is 0 Å². The fraction of sp³-hybridized carbons (Fsp3) is 0.636. The summed E-state index contributed by atoms with van der Waals surface area (Å²) in [5, 5.41) is 0.507. The second-order valence-corrected chi connectivity index (χ2v) is 4.83. The molecule has 0 spiro atoms. The first-order chi connectivity index (χ1) is 7.68. The first kappa shape index (κ1) is 11.6. The molecule has 16 heavy (non-hydrogen) atoms. The van der Waals surface area contributed by atoms with Crippen LogP contribution < -0.4 is 10.5 Å². The summed E-state index contributed by atoms with van der Waals surface area (Å²) in [6.45, 7) is 0.481. The minimum absolute atomic E-state index is 0.207. The normalized spacial score (nSPS) is 19.4. The predicted octanol–water partition coefficient (Wildman–Crippen LogP) is 2.17. The van der Waals surface area contributed by atoms with Crippen molar-refractivity contribution in [1.29, 1.82) is 0 Å². The molecular formula is C11H16ClN3O. The monoisotopic (exact) mass is 241 g/mol. The molecule has 0 aromatic carbocycles. The molecule has 4 nitrogen and oxygen atoms in total. The number of nitrogens with two attached hydrogens (primary N) is 1. The minimum Gasteiger partial charge on any atom is -0.462 e. The van der Waals surface area contributed by atoms with Crippen molar-refractivity contribution in [2.24, 2.45) is 5.73 Å². The van der Waals surface area contributed by atoms with Crippen LogP contribution in [0, 0.1) is 0 Å². The Hall–Kier alpha value is -0.870. The molecule has 0 amide bonds. The first-order valence-electron chi connectivity index (χ1n) is 5.57. The van der Waals surface area contributed by atoms with Crippen LogP contribution in [0.4, 0.5) is 0 Å². The molecule has 0 bridgehead atoms. The molecule has 88 valence electrons. The molecule has 0 unspecified atom stereocenters. The highest BCUT2D eigenvalue weighted by molar-refractivity contribution is 6.30. The Balaban J connectivity index is 1.88. The van der Waals surface area contributed by atoms with Gasteiger partial charge in [0.15, 0.2) is 0 Å². The van der Waals surface area contributed by atoms with Crippen LogP contribution in [-0.2, 0) is 0 Å². The Morgan fingerprint density at radius 1 is 1.25 bits per heavy atom. The second kappa shape index (κ2) is 4.97. The molecule has 1 heterocycles. The van der Waals surface area contributed by atoms with Crippen molar-refractivity contribution in [3.63, 3.8) is 0 Å².